The first-order valence-corrected chi connectivity index (χ1v) is 12.9. The highest BCUT2D eigenvalue weighted by Crippen LogP contribution is 2.30. The first-order valence-electron chi connectivity index (χ1n) is 11.7. The van der Waals surface area contributed by atoms with Gasteiger partial charge >= 0.3 is 0 Å². The van der Waals surface area contributed by atoms with Gasteiger partial charge in [-0.3, -0.25) is 9.59 Å². The molecule has 0 spiro atoms. The summed E-state index contributed by atoms with van der Waals surface area (Å²) in [7, 11) is 0. The number of carbonyl (C=O) groups is 2. The maximum atomic E-state index is 13.1. The van der Waals surface area contributed by atoms with E-state index in [2.05, 4.69) is 28.9 Å². The third kappa shape index (κ3) is 7.41. The second-order valence-electron chi connectivity index (χ2n) is 8.21. The molecule has 0 heterocycles. The third-order valence-corrected chi connectivity index (χ3v) is 7.13. The van der Waals surface area contributed by atoms with E-state index in [1.807, 2.05) is 62.4 Å². The number of para-hydroxylation sites is 1. The summed E-state index contributed by atoms with van der Waals surface area (Å²) in [5, 5.41) is 9.70. The molecule has 182 valence electrons. The number of ketones is 1. The molecule has 5 nitrogen and oxygen atoms in total. The Hall–Kier alpha value is -3.16. The Morgan fingerprint density at radius 3 is 2.26 bits per heavy atom. The van der Waals surface area contributed by atoms with Crippen molar-refractivity contribution in [3.8, 4) is 0 Å². The molecule has 0 fully saturated rings. The number of Topliss-reactive ketones (excluding diaryl/α,β-unsaturated/α-hetero) is 1. The lowest BCUT2D eigenvalue weighted by atomic mass is 10.1. The predicted molar refractivity (Wildman–Crippen MR) is 152 cm³/mol. The van der Waals surface area contributed by atoms with Crippen LogP contribution in [-0.4, -0.2) is 22.1 Å². The van der Waals surface area contributed by atoms with Crippen molar-refractivity contribution in [3.05, 3.63) is 83.4 Å². The molecule has 3 N–H and O–H groups in total. The number of benzene rings is 3. The highest BCUT2D eigenvalue weighted by Gasteiger charge is 2.20. The number of anilines is 3. The van der Waals surface area contributed by atoms with E-state index in [4.69, 9.17) is 12.2 Å². The zero-order valence-electron chi connectivity index (χ0n) is 20.5. The first-order chi connectivity index (χ1) is 16.8. The van der Waals surface area contributed by atoms with Crippen molar-refractivity contribution < 1.29 is 9.59 Å². The molecular formula is C28H31N3O2S2. The maximum Gasteiger partial charge on any atom is 0.237 e. The average molecular weight is 506 g/mol. The minimum atomic E-state index is -0.223. The number of nitrogens with one attached hydrogen (secondary N) is 3. The standard InChI is InChI=1S/C28H31N3O2S2/c1-5-20-10-7-9-18(3)26(20)31-27(33)25(6-2)35-24-12-8-11-23(17-24)30-28(34)29-22-15-13-21(14-16-22)19(4)32/h7-17,25H,5-6H2,1-4H3,(H,31,33)(H2,29,30,34). The highest BCUT2D eigenvalue weighted by atomic mass is 32.2. The van der Waals surface area contributed by atoms with Gasteiger partial charge in [0.15, 0.2) is 10.9 Å². The van der Waals surface area contributed by atoms with E-state index in [9.17, 15) is 9.59 Å². The molecule has 0 aliphatic carbocycles. The summed E-state index contributed by atoms with van der Waals surface area (Å²) >= 11 is 6.98. The summed E-state index contributed by atoms with van der Waals surface area (Å²) in [5.74, 6) is 0.0291. The van der Waals surface area contributed by atoms with Crippen molar-refractivity contribution in [3.63, 3.8) is 0 Å². The third-order valence-electron chi connectivity index (χ3n) is 5.57. The van der Waals surface area contributed by atoms with Crippen molar-refractivity contribution in [2.75, 3.05) is 16.0 Å². The minimum Gasteiger partial charge on any atom is -0.332 e. The van der Waals surface area contributed by atoms with Crippen molar-refractivity contribution in [2.24, 2.45) is 0 Å². The van der Waals surface area contributed by atoms with Gasteiger partial charge in [-0.25, -0.2) is 0 Å². The summed E-state index contributed by atoms with van der Waals surface area (Å²) in [6.07, 6.45) is 1.57. The molecule has 0 saturated heterocycles. The van der Waals surface area contributed by atoms with Crippen molar-refractivity contribution in [1.82, 2.24) is 0 Å². The van der Waals surface area contributed by atoms with E-state index in [1.165, 1.54) is 18.7 Å². The van der Waals surface area contributed by atoms with E-state index in [0.29, 0.717) is 17.1 Å². The average Bonchev–Trinajstić information content (AvgIpc) is 2.84. The second kappa shape index (κ2) is 12.5. The van der Waals surface area contributed by atoms with Crippen LogP contribution in [-0.2, 0) is 11.2 Å². The number of rotatable bonds is 9. The van der Waals surface area contributed by atoms with Crippen LogP contribution < -0.4 is 16.0 Å². The number of thioether (sulfide) groups is 1. The van der Waals surface area contributed by atoms with Crippen molar-refractivity contribution in [1.29, 1.82) is 0 Å². The van der Waals surface area contributed by atoms with Crippen LogP contribution in [0.1, 0.15) is 48.7 Å². The molecule has 0 aliphatic rings. The van der Waals surface area contributed by atoms with Crippen LogP contribution in [0.2, 0.25) is 0 Å². The van der Waals surface area contributed by atoms with E-state index < -0.39 is 0 Å². The zero-order valence-corrected chi connectivity index (χ0v) is 22.1. The van der Waals surface area contributed by atoms with Crippen LogP contribution in [0.25, 0.3) is 0 Å². The van der Waals surface area contributed by atoms with Gasteiger partial charge in [-0.2, -0.15) is 0 Å². The van der Waals surface area contributed by atoms with Crippen molar-refractivity contribution in [2.45, 2.75) is 50.7 Å². The molecule has 7 heteroatoms. The summed E-state index contributed by atoms with van der Waals surface area (Å²) in [5.41, 5.74) is 5.41. The largest absolute Gasteiger partial charge is 0.332 e. The quantitative estimate of drug-likeness (QED) is 0.164. The van der Waals surface area contributed by atoms with Crippen LogP contribution in [0.5, 0.6) is 0 Å². The molecule has 1 amide bonds. The van der Waals surface area contributed by atoms with Crippen LogP contribution in [0, 0.1) is 6.92 Å². The molecule has 0 aliphatic heterocycles. The normalized spacial score (nSPS) is 11.4. The molecule has 0 bridgehead atoms. The Morgan fingerprint density at radius 1 is 0.914 bits per heavy atom. The lowest BCUT2D eigenvalue weighted by Crippen LogP contribution is -2.25. The highest BCUT2D eigenvalue weighted by molar-refractivity contribution is 8.00. The molecule has 0 aromatic heterocycles. The molecule has 0 radical (unpaired) electrons. The predicted octanol–water partition coefficient (Wildman–Crippen LogP) is 7.08. The van der Waals surface area contributed by atoms with E-state index in [0.717, 1.165) is 39.5 Å². The van der Waals surface area contributed by atoms with Crippen LogP contribution >= 0.6 is 24.0 Å². The van der Waals surface area contributed by atoms with Gasteiger partial charge in [-0.05, 0) is 92.5 Å². The van der Waals surface area contributed by atoms with Crippen LogP contribution in [0.3, 0.4) is 0 Å². The number of hydrogen-bond donors (Lipinski definition) is 3. The molecular weight excluding hydrogens is 474 g/mol. The topological polar surface area (TPSA) is 70.2 Å². The Kier molecular flexibility index (Phi) is 9.46. The second-order valence-corrected chi connectivity index (χ2v) is 9.89. The number of aryl methyl sites for hydroxylation is 2. The van der Waals surface area contributed by atoms with E-state index in [-0.39, 0.29) is 16.9 Å². The minimum absolute atomic E-state index is 0.00561. The van der Waals surface area contributed by atoms with Gasteiger partial charge in [-0.1, -0.05) is 38.1 Å². The number of amides is 1. The zero-order chi connectivity index (χ0) is 25.4. The van der Waals surface area contributed by atoms with Crippen LogP contribution in [0.4, 0.5) is 17.1 Å². The van der Waals surface area contributed by atoms with E-state index in [1.54, 1.807) is 12.1 Å². The van der Waals surface area contributed by atoms with E-state index >= 15 is 0 Å². The molecule has 3 aromatic rings. The van der Waals surface area contributed by atoms with Gasteiger partial charge in [0.05, 0.1) is 5.25 Å². The van der Waals surface area contributed by atoms with Gasteiger partial charge in [0.2, 0.25) is 5.91 Å². The van der Waals surface area contributed by atoms with Gasteiger partial charge in [-0.15, -0.1) is 11.8 Å². The monoisotopic (exact) mass is 505 g/mol. The Bertz CT molecular complexity index is 1210. The van der Waals surface area contributed by atoms with Crippen molar-refractivity contribution >= 4 is 57.8 Å². The van der Waals surface area contributed by atoms with Gasteiger partial charge in [0.25, 0.3) is 0 Å². The maximum absolute atomic E-state index is 13.1. The molecule has 35 heavy (non-hydrogen) atoms. The molecule has 0 saturated carbocycles. The smallest absolute Gasteiger partial charge is 0.237 e. The van der Waals surface area contributed by atoms with Gasteiger partial charge in [0, 0.05) is 27.5 Å². The number of carbonyl (C=O) groups excluding carboxylic acids is 2. The van der Waals surface area contributed by atoms with Crippen LogP contribution in [0.15, 0.2) is 71.6 Å². The SMILES string of the molecule is CCc1cccc(C)c1NC(=O)C(CC)Sc1cccc(NC(=S)Nc2ccc(C(C)=O)cc2)c1. The van der Waals surface area contributed by atoms with Gasteiger partial charge < -0.3 is 16.0 Å². The molecule has 1 unspecified atom stereocenters. The fraction of sp³-hybridized carbons (Fsp3) is 0.250. The first kappa shape index (κ1) is 26.4. The Morgan fingerprint density at radius 2 is 1.60 bits per heavy atom. The Balaban J connectivity index is 1.63. The summed E-state index contributed by atoms with van der Waals surface area (Å²) in [6.45, 7) is 7.67. The molecule has 3 aromatic carbocycles. The fourth-order valence-electron chi connectivity index (χ4n) is 3.62. The summed E-state index contributed by atoms with van der Waals surface area (Å²) in [4.78, 5) is 25.5. The van der Waals surface area contributed by atoms with Gasteiger partial charge in [0.1, 0.15) is 0 Å². The summed E-state index contributed by atoms with van der Waals surface area (Å²) in [6, 6.07) is 21.1. The molecule has 3 rings (SSSR count). The number of thiocarbonyl (C=S) groups is 1. The number of hydrogen-bond acceptors (Lipinski definition) is 4. The summed E-state index contributed by atoms with van der Waals surface area (Å²) < 4.78 is 0. The fourth-order valence-corrected chi connectivity index (χ4v) is 4.87. The molecule has 1 atom stereocenters. The Labute approximate surface area is 217 Å². The lowest BCUT2D eigenvalue weighted by Gasteiger charge is -2.18. The lowest BCUT2D eigenvalue weighted by molar-refractivity contribution is -0.115.